The smallest absolute Gasteiger partial charge is 0.274 e. The molecular formula is C20H16ClN5O. The number of hydrogen-bond donors (Lipinski definition) is 2. The Morgan fingerprint density at radius 1 is 1.19 bits per heavy atom. The lowest BCUT2D eigenvalue weighted by Crippen LogP contribution is -2.16. The molecule has 0 aliphatic carbocycles. The summed E-state index contributed by atoms with van der Waals surface area (Å²) in [5.41, 5.74) is 3.81. The van der Waals surface area contributed by atoms with Crippen LogP contribution in [0.15, 0.2) is 48.7 Å². The van der Waals surface area contributed by atoms with E-state index in [2.05, 4.69) is 26.7 Å². The van der Waals surface area contributed by atoms with Gasteiger partial charge in [-0.1, -0.05) is 23.7 Å². The number of nitrogens with one attached hydrogen (secondary N) is 2. The topological polar surface area (TPSA) is 90.7 Å². The Kier molecular flexibility index (Phi) is 5.34. The minimum absolute atomic E-state index is 0.194. The van der Waals surface area contributed by atoms with Crippen molar-refractivity contribution in [1.29, 1.82) is 5.26 Å². The van der Waals surface area contributed by atoms with Gasteiger partial charge in [0.05, 0.1) is 22.3 Å². The van der Waals surface area contributed by atoms with Crippen LogP contribution in [-0.2, 0) is 0 Å². The van der Waals surface area contributed by atoms with Gasteiger partial charge in [-0.25, -0.2) is 9.97 Å². The number of carbonyl (C=O) groups excluding carboxylic acids is 1. The van der Waals surface area contributed by atoms with Gasteiger partial charge in [0.25, 0.3) is 5.91 Å². The first kappa shape index (κ1) is 18.4. The van der Waals surface area contributed by atoms with E-state index in [9.17, 15) is 4.79 Å². The molecule has 3 rings (SSSR count). The predicted molar refractivity (Wildman–Crippen MR) is 105 cm³/mol. The lowest BCUT2D eigenvalue weighted by molar-refractivity contribution is 0.102. The zero-order chi connectivity index (χ0) is 19.4. The molecule has 134 valence electrons. The molecule has 2 aromatic carbocycles. The molecular weight excluding hydrogens is 362 g/mol. The number of halogens is 1. The van der Waals surface area contributed by atoms with Gasteiger partial charge in [0.15, 0.2) is 0 Å². The number of hydrogen-bond acceptors (Lipinski definition) is 5. The molecule has 3 aromatic rings. The normalized spacial score (nSPS) is 10.1. The quantitative estimate of drug-likeness (QED) is 0.692. The van der Waals surface area contributed by atoms with Crippen LogP contribution in [-0.4, -0.2) is 15.9 Å². The van der Waals surface area contributed by atoms with E-state index in [4.69, 9.17) is 16.9 Å². The molecule has 0 unspecified atom stereocenters. The lowest BCUT2D eigenvalue weighted by Gasteiger charge is -2.12. The van der Waals surface area contributed by atoms with Crippen molar-refractivity contribution in [2.75, 3.05) is 10.6 Å². The van der Waals surface area contributed by atoms with E-state index in [1.807, 2.05) is 19.9 Å². The number of aromatic nitrogens is 2. The van der Waals surface area contributed by atoms with Crippen molar-refractivity contribution in [2.45, 2.75) is 13.8 Å². The van der Waals surface area contributed by atoms with E-state index in [0.717, 1.165) is 11.1 Å². The standard InChI is InChI=1S/C20H16ClN5O/c1-12-8-13(2)18(16(21)9-12)26-19(27)17-6-7-23-20(25-17)24-15-5-3-4-14(10-15)11-22/h3-10H,1-2H3,(H,26,27)(H,23,24,25). The minimum Gasteiger partial charge on any atom is -0.324 e. The van der Waals surface area contributed by atoms with Gasteiger partial charge in [0.1, 0.15) is 5.69 Å². The molecule has 0 fully saturated rings. The van der Waals surface area contributed by atoms with Gasteiger partial charge in [-0.2, -0.15) is 5.26 Å². The molecule has 2 N–H and O–H groups in total. The van der Waals surface area contributed by atoms with E-state index in [-0.39, 0.29) is 17.5 Å². The number of aryl methyl sites for hydroxylation is 2. The van der Waals surface area contributed by atoms with E-state index < -0.39 is 0 Å². The molecule has 1 heterocycles. The van der Waals surface area contributed by atoms with Gasteiger partial charge in [0, 0.05) is 11.9 Å². The predicted octanol–water partition coefficient (Wildman–Crippen LogP) is 4.61. The van der Waals surface area contributed by atoms with Gasteiger partial charge in [-0.15, -0.1) is 0 Å². The average molecular weight is 378 g/mol. The average Bonchev–Trinajstić information content (AvgIpc) is 2.65. The van der Waals surface area contributed by atoms with Crippen LogP contribution in [0.2, 0.25) is 5.02 Å². The maximum absolute atomic E-state index is 12.6. The molecule has 0 atom stereocenters. The first-order valence-corrected chi connectivity index (χ1v) is 8.52. The number of nitriles is 1. The molecule has 7 heteroatoms. The Morgan fingerprint density at radius 2 is 2.00 bits per heavy atom. The van der Waals surface area contributed by atoms with E-state index >= 15 is 0 Å². The Balaban J connectivity index is 1.81. The van der Waals surface area contributed by atoms with Crippen molar-refractivity contribution < 1.29 is 4.79 Å². The fraction of sp³-hybridized carbons (Fsp3) is 0.100. The summed E-state index contributed by atoms with van der Waals surface area (Å²) in [6.07, 6.45) is 1.49. The van der Waals surface area contributed by atoms with E-state index in [1.165, 1.54) is 12.3 Å². The SMILES string of the molecule is Cc1cc(C)c(NC(=O)c2ccnc(Nc3cccc(C#N)c3)n2)c(Cl)c1. The first-order chi connectivity index (χ1) is 13.0. The van der Waals surface area contributed by atoms with Crippen LogP contribution >= 0.6 is 11.6 Å². The molecule has 0 saturated carbocycles. The van der Waals surface area contributed by atoms with Gasteiger partial charge in [-0.05, 0) is 55.3 Å². The van der Waals surface area contributed by atoms with Crippen LogP contribution in [0.25, 0.3) is 0 Å². The molecule has 0 aliphatic heterocycles. The summed E-state index contributed by atoms with van der Waals surface area (Å²) < 4.78 is 0. The van der Waals surface area contributed by atoms with Crippen molar-refractivity contribution in [2.24, 2.45) is 0 Å². The zero-order valence-electron chi connectivity index (χ0n) is 14.7. The Hall–Kier alpha value is -3.43. The largest absolute Gasteiger partial charge is 0.324 e. The number of carbonyl (C=O) groups is 1. The fourth-order valence-corrected chi connectivity index (χ4v) is 2.96. The van der Waals surface area contributed by atoms with E-state index in [0.29, 0.717) is 22.0 Å². The minimum atomic E-state index is -0.389. The lowest BCUT2D eigenvalue weighted by atomic mass is 10.1. The van der Waals surface area contributed by atoms with Crippen LogP contribution in [0.3, 0.4) is 0 Å². The first-order valence-electron chi connectivity index (χ1n) is 8.14. The molecule has 27 heavy (non-hydrogen) atoms. The van der Waals surface area contributed by atoms with Crippen molar-refractivity contribution >= 4 is 34.8 Å². The number of amides is 1. The van der Waals surface area contributed by atoms with Gasteiger partial charge >= 0.3 is 0 Å². The second kappa shape index (κ2) is 7.85. The third-order valence-electron chi connectivity index (χ3n) is 3.81. The summed E-state index contributed by atoms with van der Waals surface area (Å²) >= 11 is 6.25. The molecule has 0 radical (unpaired) electrons. The summed E-state index contributed by atoms with van der Waals surface area (Å²) in [6.45, 7) is 3.82. The fourth-order valence-electron chi connectivity index (χ4n) is 2.59. The number of nitrogens with zero attached hydrogens (tertiary/aromatic N) is 3. The molecule has 1 aromatic heterocycles. The Morgan fingerprint density at radius 3 is 2.74 bits per heavy atom. The highest BCUT2D eigenvalue weighted by Crippen LogP contribution is 2.27. The Labute approximate surface area is 161 Å². The van der Waals surface area contributed by atoms with Crippen molar-refractivity contribution in [1.82, 2.24) is 9.97 Å². The molecule has 0 aliphatic rings. The molecule has 0 saturated heterocycles. The van der Waals surface area contributed by atoms with Crippen LogP contribution in [0.1, 0.15) is 27.2 Å². The van der Waals surface area contributed by atoms with Crippen LogP contribution in [0.4, 0.5) is 17.3 Å². The van der Waals surface area contributed by atoms with Crippen molar-refractivity contribution in [3.05, 3.63) is 76.1 Å². The summed E-state index contributed by atoms with van der Waals surface area (Å²) in [4.78, 5) is 20.9. The van der Waals surface area contributed by atoms with Gasteiger partial charge in [-0.3, -0.25) is 4.79 Å². The third kappa shape index (κ3) is 4.40. The number of benzene rings is 2. The third-order valence-corrected chi connectivity index (χ3v) is 4.10. The molecule has 0 bridgehead atoms. The van der Waals surface area contributed by atoms with Crippen LogP contribution in [0, 0.1) is 25.2 Å². The van der Waals surface area contributed by atoms with Crippen molar-refractivity contribution in [3.8, 4) is 6.07 Å². The summed E-state index contributed by atoms with van der Waals surface area (Å²) in [5, 5.41) is 15.2. The summed E-state index contributed by atoms with van der Waals surface area (Å²) in [5.74, 6) is -0.135. The van der Waals surface area contributed by atoms with Gasteiger partial charge < -0.3 is 10.6 Å². The highest BCUT2D eigenvalue weighted by atomic mass is 35.5. The number of rotatable bonds is 4. The van der Waals surface area contributed by atoms with Crippen molar-refractivity contribution in [3.63, 3.8) is 0 Å². The summed E-state index contributed by atoms with van der Waals surface area (Å²) in [7, 11) is 0. The second-order valence-electron chi connectivity index (χ2n) is 5.98. The molecule has 0 spiro atoms. The maximum Gasteiger partial charge on any atom is 0.274 e. The monoisotopic (exact) mass is 377 g/mol. The molecule has 6 nitrogen and oxygen atoms in total. The van der Waals surface area contributed by atoms with Crippen LogP contribution < -0.4 is 10.6 Å². The second-order valence-corrected chi connectivity index (χ2v) is 6.38. The maximum atomic E-state index is 12.6. The zero-order valence-corrected chi connectivity index (χ0v) is 15.5. The Bertz CT molecular complexity index is 1040. The number of anilines is 3. The summed E-state index contributed by atoms with van der Waals surface area (Å²) in [6, 6.07) is 14.2. The highest BCUT2D eigenvalue weighted by Gasteiger charge is 2.13. The van der Waals surface area contributed by atoms with E-state index in [1.54, 1.807) is 30.3 Å². The molecule has 1 amide bonds. The highest BCUT2D eigenvalue weighted by molar-refractivity contribution is 6.34. The van der Waals surface area contributed by atoms with Crippen LogP contribution in [0.5, 0.6) is 0 Å². The van der Waals surface area contributed by atoms with Gasteiger partial charge in [0.2, 0.25) is 5.95 Å².